The zero-order valence-electron chi connectivity index (χ0n) is 16.3. The minimum Gasteiger partial charge on any atom is -1.00 e. The molecular formula is C16H33NaO5S. The third-order valence-electron chi connectivity index (χ3n) is 3.86. The Bertz CT molecular complexity index is 390. The van der Waals surface area contributed by atoms with Gasteiger partial charge in [0.15, 0.2) is 5.25 Å². The van der Waals surface area contributed by atoms with Crippen molar-refractivity contribution in [3.8, 4) is 0 Å². The minimum atomic E-state index is -3.86. The summed E-state index contributed by atoms with van der Waals surface area (Å²) in [5.41, 5.74) is 0. The summed E-state index contributed by atoms with van der Waals surface area (Å²) < 4.78 is 32.3. The van der Waals surface area contributed by atoms with Gasteiger partial charge in [0.1, 0.15) is 0 Å². The van der Waals surface area contributed by atoms with Crippen molar-refractivity contribution < 1.29 is 53.1 Å². The van der Waals surface area contributed by atoms with E-state index in [2.05, 4.69) is 15.8 Å². The molecule has 0 aliphatic heterocycles. The molecule has 0 spiro atoms. The number of hydrogen-bond donors (Lipinski definition) is 0. The van der Waals surface area contributed by atoms with Gasteiger partial charge in [-0.25, -0.2) is 0 Å². The normalized spacial score (nSPS) is 12.5. The Labute approximate surface area is 165 Å². The van der Waals surface area contributed by atoms with E-state index in [0.717, 1.165) is 20.0 Å². The predicted octanol–water partition coefficient (Wildman–Crippen LogP) is 0.932. The van der Waals surface area contributed by atoms with Crippen molar-refractivity contribution in [2.24, 2.45) is 0 Å². The van der Waals surface area contributed by atoms with Crippen LogP contribution in [0, 0.1) is 0 Å². The van der Waals surface area contributed by atoms with Crippen molar-refractivity contribution in [1.82, 2.24) is 0 Å². The third kappa shape index (κ3) is 12.4. The molecular weight excluding hydrogens is 327 g/mol. The van der Waals surface area contributed by atoms with Crippen LogP contribution in [-0.2, 0) is 23.8 Å². The second-order valence-electron chi connectivity index (χ2n) is 5.64. The Balaban J connectivity index is -0.00000220. The first kappa shape index (κ1) is 25.6. The molecule has 0 aliphatic rings. The van der Waals surface area contributed by atoms with Crippen LogP contribution in [0.5, 0.6) is 0 Å². The summed E-state index contributed by atoms with van der Waals surface area (Å²) in [6.07, 6.45) is 11.9. The smallest absolute Gasteiger partial charge is 1.00 e. The molecule has 0 aliphatic carbocycles. The molecule has 0 rings (SSSR count). The van der Waals surface area contributed by atoms with Crippen LogP contribution < -0.4 is 29.6 Å². The maximum Gasteiger partial charge on any atom is 1.00 e. The van der Waals surface area contributed by atoms with E-state index in [-0.39, 0.29) is 37.4 Å². The summed E-state index contributed by atoms with van der Waals surface area (Å²) in [4.78, 5) is 11.5. The second-order valence-corrected chi connectivity index (χ2v) is 7.53. The molecule has 23 heavy (non-hydrogen) atoms. The zero-order chi connectivity index (χ0) is 16.8. The molecule has 5 nitrogen and oxygen atoms in total. The topological polar surface area (TPSA) is 69.7 Å². The average Bonchev–Trinajstić information content (AvgIpc) is 2.51. The molecule has 0 saturated heterocycles. The maximum atomic E-state index is 11.7. The number of ether oxygens (including phenoxy) is 1. The van der Waals surface area contributed by atoms with Crippen molar-refractivity contribution in [3.05, 3.63) is 0 Å². The van der Waals surface area contributed by atoms with Gasteiger partial charge in [-0.2, -0.15) is 8.42 Å². The fraction of sp³-hybridized carbons (Fsp3) is 0.938. The number of methoxy groups -OCH3 is 1. The Hall–Kier alpha value is 0.380. The Morgan fingerprint density at radius 2 is 1.35 bits per heavy atom. The number of unbranched alkanes of at least 4 members (excludes halogenated alkanes) is 9. The van der Waals surface area contributed by atoms with E-state index in [0.29, 0.717) is 6.42 Å². The molecule has 7 heteroatoms. The van der Waals surface area contributed by atoms with Crippen molar-refractivity contribution in [1.29, 1.82) is 0 Å². The van der Waals surface area contributed by atoms with Crippen molar-refractivity contribution >= 4 is 16.1 Å². The molecule has 0 radical (unpaired) electrons. The van der Waals surface area contributed by atoms with Gasteiger partial charge in [0.05, 0.1) is 14.2 Å². The Morgan fingerprint density at radius 3 is 1.74 bits per heavy atom. The standard InChI is InChI=1S/C16H32O5S.Na.H/c1-4-5-6-7-8-9-10-11-12-13-14-15(16(17)20-2)22(18,19)21-3;;/h15H,4-14H2,1-3H3;;/q;+1;-1. The molecule has 0 N–H and O–H groups in total. The SMILES string of the molecule is CCCCCCCCCCCCC(C(=O)OC)S(=O)(=O)OC.[H-].[Na+]. The molecule has 1 unspecified atom stereocenters. The summed E-state index contributed by atoms with van der Waals surface area (Å²) in [5.74, 6) is -0.738. The van der Waals surface area contributed by atoms with Crippen molar-refractivity contribution in [2.45, 2.75) is 82.8 Å². The van der Waals surface area contributed by atoms with E-state index in [1.807, 2.05) is 0 Å². The van der Waals surface area contributed by atoms with Crippen LogP contribution in [0.25, 0.3) is 0 Å². The summed E-state index contributed by atoms with van der Waals surface area (Å²) in [7, 11) is -1.59. The molecule has 0 fully saturated rings. The van der Waals surface area contributed by atoms with Gasteiger partial charge in [-0.1, -0.05) is 71.1 Å². The van der Waals surface area contributed by atoms with Gasteiger partial charge in [0.2, 0.25) is 0 Å². The molecule has 0 aromatic carbocycles. The van der Waals surface area contributed by atoms with Crippen LogP contribution in [0.1, 0.15) is 79.0 Å². The van der Waals surface area contributed by atoms with Crippen LogP contribution in [0.3, 0.4) is 0 Å². The first-order valence-corrected chi connectivity index (χ1v) is 9.84. The summed E-state index contributed by atoms with van der Waals surface area (Å²) >= 11 is 0. The Morgan fingerprint density at radius 1 is 0.913 bits per heavy atom. The minimum absolute atomic E-state index is 0. The number of hydrogen-bond acceptors (Lipinski definition) is 5. The number of esters is 1. The molecule has 1 atom stereocenters. The van der Waals surface area contributed by atoms with E-state index in [9.17, 15) is 13.2 Å². The second kappa shape index (κ2) is 15.9. The van der Waals surface area contributed by atoms with Crippen LogP contribution in [0.4, 0.5) is 0 Å². The summed E-state index contributed by atoms with van der Waals surface area (Å²) in [6.45, 7) is 2.21. The molecule has 134 valence electrons. The summed E-state index contributed by atoms with van der Waals surface area (Å²) in [5, 5.41) is -1.20. The fourth-order valence-corrected chi connectivity index (χ4v) is 3.46. The number of carbonyl (C=O) groups excluding carboxylic acids is 1. The largest absolute Gasteiger partial charge is 1.00 e. The number of rotatable bonds is 14. The van der Waals surface area contributed by atoms with Gasteiger partial charge in [-0.3, -0.25) is 8.98 Å². The van der Waals surface area contributed by atoms with E-state index >= 15 is 0 Å². The van der Waals surface area contributed by atoms with Gasteiger partial charge in [-0.15, -0.1) is 0 Å². The molecule has 0 aromatic heterocycles. The monoisotopic (exact) mass is 360 g/mol. The molecule has 0 heterocycles. The van der Waals surface area contributed by atoms with E-state index in [4.69, 9.17) is 0 Å². The van der Waals surface area contributed by atoms with Gasteiger partial charge in [-0.05, 0) is 6.42 Å². The average molecular weight is 360 g/mol. The van der Waals surface area contributed by atoms with Gasteiger partial charge in [0, 0.05) is 0 Å². The van der Waals surface area contributed by atoms with E-state index < -0.39 is 21.3 Å². The van der Waals surface area contributed by atoms with Gasteiger partial charge >= 0.3 is 35.5 Å². The van der Waals surface area contributed by atoms with Gasteiger partial charge < -0.3 is 6.16 Å². The molecule has 0 saturated carbocycles. The third-order valence-corrected chi connectivity index (χ3v) is 5.45. The van der Waals surface area contributed by atoms with Crippen molar-refractivity contribution in [3.63, 3.8) is 0 Å². The van der Waals surface area contributed by atoms with Crippen LogP contribution in [0.15, 0.2) is 0 Å². The Kier molecular flexibility index (Phi) is 17.7. The summed E-state index contributed by atoms with van der Waals surface area (Å²) in [6, 6.07) is 0. The maximum absolute atomic E-state index is 11.7. The van der Waals surface area contributed by atoms with Gasteiger partial charge in [0.25, 0.3) is 10.1 Å². The quantitative estimate of drug-likeness (QED) is 0.199. The molecule has 0 aromatic rings. The predicted molar refractivity (Wildman–Crippen MR) is 89.3 cm³/mol. The van der Waals surface area contributed by atoms with Crippen molar-refractivity contribution in [2.75, 3.05) is 14.2 Å². The van der Waals surface area contributed by atoms with E-state index in [1.54, 1.807) is 0 Å². The fourth-order valence-electron chi connectivity index (χ4n) is 2.44. The van der Waals surface area contributed by atoms with E-state index in [1.165, 1.54) is 52.1 Å². The number of carbonyl (C=O) groups is 1. The van der Waals surface area contributed by atoms with Crippen LogP contribution in [-0.4, -0.2) is 33.9 Å². The molecule has 0 amide bonds. The first-order valence-electron chi connectivity index (χ1n) is 8.36. The first-order chi connectivity index (χ1) is 10.5. The molecule has 0 bridgehead atoms. The zero-order valence-corrected chi connectivity index (χ0v) is 18.1. The van der Waals surface area contributed by atoms with Crippen LogP contribution >= 0.6 is 0 Å². The van der Waals surface area contributed by atoms with Crippen LogP contribution in [0.2, 0.25) is 0 Å².